The first-order valence-corrected chi connectivity index (χ1v) is 5.36. The van der Waals surface area contributed by atoms with Gasteiger partial charge in [0.2, 0.25) is 0 Å². The first-order chi connectivity index (χ1) is 6.47. The highest BCUT2D eigenvalue weighted by Gasteiger charge is 2.18. The van der Waals surface area contributed by atoms with Crippen LogP contribution in [-0.2, 0) is 0 Å². The molecule has 14 heavy (non-hydrogen) atoms. The Morgan fingerprint density at radius 3 is 2.29 bits per heavy atom. The highest BCUT2D eigenvalue weighted by molar-refractivity contribution is 5.79. The Bertz CT molecular complexity index is 244. The zero-order valence-corrected chi connectivity index (χ0v) is 10.2. The summed E-state index contributed by atoms with van der Waals surface area (Å²) in [4.78, 5) is 4.42. The van der Waals surface area contributed by atoms with E-state index in [1.165, 1.54) is 5.57 Å². The minimum absolute atomic E-state index is 0.114. The van der Waals surface area contributed by atoms with E-state index in [2.05, 4.69) is 45.3 Å². The standard InChI is InChI=1S/C13H23N/c1-7-12(8-2)10-14-11(4)13(5,6)9-3/h7,10H,4,8-9H2,1-3,5-6H3/b12-7-,14-10-. The third-order valence-corrected chi connectivity index (χ3v) is 2.83. The molecule has 0 aromatic rings. The van der Waals surface area contributed by atoms with Crippen molar-refractivity contribution in [3.05, 3.63) is 23.9 Å². The van der Waals surface area contributed by atoms with Crippen molar-refractivity contribution in [3.63, 3.8) is 0 Å². The molecule has 0 saturated carbocycles. The Balaban J connectivity index is 4.47. The molecule has 0 saturated heterocycles. The van der Waals surface area contributed by atoms with E-state index in [1.54, 1.807) is 0 Å². The molecule has 0 spiro atoms. The maximum absolute atomic E-state index is 4.42. The highest BCUT2D eigenvalue weighted by atomic mass is 14.8. The van der Waals surface area contributed by atoms with Crippen LogP contribution < -0.4 is 0 Å². The SMILES string of the molecule is C=C(/N=C\C(=C/C)CC)C(C)(C)CC. The lowest BCUT2D eigenvalue weighted by Crippen LogP contribution is -2.11. The van der Waals surface area contributed by atoms with Gasteiger partial charge in [-0.2, -0.15) is 0 Å². The lowest BCUT2D eigenvalue weighted by Gasteiger charge is -2.22. The Hall–Kier alpha value is -0.850. The summed E-state index contributed by atoms with van der Waals surface area (Å²) in [5.74, 6) is 0. The Kier molecular flexibility index (Phi) is 5.44. The van der Waals surface area contributed by atoms with Gasteiger partial charge in [0.1, 0.15) is 0 Å². The van der Waals surface area contributed by atoms with Gasteiger partial charge in [0.15, 0.2) is 0 Å². The third kappa shape index (κ3) is 3.91. The molecular weight excluding hydrogens is 170 g/mol. The highest BCUT2D eigenvalue weighted by Crippen LogP contribution is 2.29. The van der Waals surface area contributed by atoms with E-state index < -0.39 is 0 Å². The van der Waals surface area contributed by atoms with Gasteiger partial charge in [-0.25, -0.2) is 0 Å². The number of nitrogens with zero attached hydrogens (tertiary/aromatic N) is 1. The molecule has 0 N–H and O–H groups in total. The van der Waals surface area contributed by atoms with Crippen LogP contribution in [0.5, 0.6) is 0 Å². The predicted octanol–water partition coefficient (Wildman–Crippen LogP) is 4.36. The van der Waals surface area contributed by atoms with E-state index in [4.69, 9.17) is 0 Å². The summed E-state index contributed by atoms with van der Waals surface area (Å²) in [5, 5.41) is 0. The lowest BCUT2D eigenvalue weighted by atomic mass is 9.87. The molecule has 0 rings (SSSR count). The minimum Gasteiger partial charge on any atom is -0.261 e. The minimum atomic E-state index is 0.114. The summed E-state index contributed by atoms with van der Waals surface area (Å²) in [7, 11) is 0. The van der Waals surface area contributed by atoms with Crippen molar-refractivity contribution in [2.75, 3.05) is 0 Å². The number of hydrogen-bond acceptors (Lipinski definition) is 1. The van der Waals surface area contributed by atoms with Crippen molar-refractivity contribution in [2.24, 2.45) is 10.4 Å². The number of allylic oxidation sites excluding steroid dienone is 3. The van der Waals surface area contributed by atoms with Crippen LogP contribution in [0.3, 0.4) is 0 Å². The zero-order chi connectivity index (χ0) is 11.2. The monoisotopic (exact) mass is 193 g/mol. The van der Waals surface area contributed by atoms with Crippen LogP contribution in [0.4, 0.5) is 0 Å². The number of rotatable bonds is 5. The van der Waals surface area contributed by atoms with Crippen LogP contribution in [0.15, 0.2) is 28.9 Å². The first kappa shape index (κ1) is 13.2. The molecule has 1 heteroatoms. The van der Waals surface area contributed by atoms with Crippen molar-refractivity contribution in [2.45, 2.75) is 47.5 Å². The number of aliphatic imine (C=N–C) groups is 1. The van der Waals surface area contributed by atoms with E-state index in [0.29, 0.717) is 0 Å². The summed E-state index contributed by atoms with van der Waals surface area (Å²) < 4.78 is 0. The van der Waals surface area contributed by atoms with Gasteiger partial charge in [-0.05, 0) is 25.3 Å². The molecule has 0 radical (unpaired) electrons. The molecule has 0 aliphatic rings. The van der Waals surface area contributed by atoms with E-state index in [1.807, 2.05) is 13.1 Å². The van der Waals surface area contributed by atoms with Crippen LogP contribution in [0, 0.1) is 5.41 Å². The van der Waals surface area contributed by atoms with Gasteiger partial charge >= 0.3 is 0 Å². The van der Waals surface area contributed by atoms with Crippen LogP contribution in [-0.4, -0.2) is 6.21 Å². The topological polar surface area (TPSA) is 12.4 Å². The molecule has 0 aromatic heterocycles. The predicted molar refractivity (Wildman–Crippen MR) is 65.8 cm³/mol. The molecule has 0 aromatic carbocycles. The molecule has 0 heterocycles. The fourth-order valence-corrected chi connectivity index (χ4v) is 0.910. The normalized spacial score (nSPS) is 13.6. The summed E-state index contributed by atoms with van der Waals surface area (Å²) in [5.41, 5.74) is 2.34. The second-order valence-corrected chi connectivity index (χ2v) is 4.16. The number of hydrogen-bond donors (Lipinski definition) is 0. The molecule has 0 unspecified atom stereocenters. The largest absolute Gasteiger partial charge is 0.261 e. The van der Waals surface area contributed by atoms with Crippen molar-refractivity contribution >= 4 is 6.21 Å². The Labute approximate surface area is 88.6 Å². The fourth-order valence-electron chi connectivity index (χ4n) is 0.910. The van der Waals surface area contributed by atoms with E-state index in [0.717, 1.165) is 18.5 Å². The van der Waals surface area contributed by atoms with Crippen LogP contribution in [0.1, 0.15) is 47.5 Å². The molecule has 0 fully saturated rings. The first-order valence-electron chi connectivity index (χ1n) is 5.36. The van der Waals surface area contributed by atoms with Crippen LogP contribution in [0.2, 0.25) is 0 Å². The second-order valence-electron chi connectivity index (χ2n) is 4.16. The average molecular weight is 193 g/mol. The van der Waals surface area contributed by atoms with Crippen molar-refractivity contribution in [3.8, 4) is 0 Å². The van der Waals surface area contributed by atoms with E-state index >= 15 is 0 Å². The van der Waals surface area contributed by atoms with Crippen molar-refractivity contribution < 1.29 is 0 Å². The second kappa shape index (κ2) is 5.79. The van der Waals surface area contributed by atoms with Gasteiger partial charge in [0.25, 0.3) is 0 Å². The Morgan fingerprint density at radius 1 is 1.36 bits per heavy atom. The lowest BCUT2D eigenvalue weighted by molar-refractivity contribution is 0.427. The summed E-state index contributed by atoms with van der Waals surface area (Å²) in [6, 6.07) is 0. The molecule has 0 atom stereocenters. The Morgan fingerprint density at radius 2 is 1.93 bits per heavy atom. The smallest absolute Gasteiger partial charge is 0.0388 e. The maximum atomic E-state index is 4.42. The molecular formula is C13H23N. The van der Waals surface area contributed by atoms with E-state index in [9.17, 15) is 0 Å². The van der Waals surface area contributed by atoms with Gasteiger partial charge in [-0.3, -0.25) is 4.99 Å². The maximum Gasteiger partial charge on any atom is 0.0388 e. The molecule has 80 valence electrons. The quantitative estimate of drug-likeness (QED) is 0.575. The van der Waals surface area contributed by atoms with Gasteiger partial charge in [-0.15, -0.1) is 0 Å². The van der Waals surface area contributed by atoms with E-state index in [-0.39, 0.29) is 5.41 Å². The van der Waals surface area contributed by atoms with Gasteiger partial charge in [0.05, 0.1) is 0 Å². The molecule has 0 aliphatic heterocycles. The zero-order valence-electron chi connectivity index (χ0n) is 10.2. The molecule has 1 nitrogen and oxygen atoms in total. The fraction of sp³-hybridized carbons (Fsp3) is 0.615. The van der Waals surface area contributed by atoms with Gasteiger partial charge in [0, 0.05) is 17.3 Å². The summed E-state index contributed by atoms with van der Waals surface area (Å²) in [6.45, 7) is 14.7. The van der Waals surface area contributed by atoms with Gasteiger partial charge < -0.3 is 0 Å². The molecule has 0 aliphatic carbocycles. The van der Waals surface area contributed by atoms with Crippen LogP contribution >= 0.6 is 0 Å². The molecule has 0 amide bonds. The van der Waals surface area contributed by atoms with Crippen molar-refractivity contribution in [1.82, 2.24) is 0 Å². The molecule has 0 bridgehead atoms. The van der Waals surface area contributed by atoms with Gasteiger partial charge in [-0.1, -0.05) is 40.3 Å². The summed E-state index contributed by atoms with van der Waals surface area (Å²) >= 11 is 0. The van der Waals surface area contributed by atoms with Crippen LogP contribution in [0.25, 0.3) is 0 Å². The average Bonchev–Trinajstić information content (AvgIpc) is 2.19. The summed E-state index contributed by atoms with van der Waals surface area (Å²) in [6.07, 6.45) is 6.12. The third-order valence-electron chi connectivity index (χ3n) is 2.83. The van der Waals surface area contributed by atoms with Crippen molar-refractivity contribution in [1.29, 1.82) is 0 Å².